The molecule has 47 heavy (non-hydrogen) atoms. The highest BCUT2D eigenvalue weighted by Crippen LogP contribution is 2.68. The molecule has 3 unspecified atom stereocenters. The molecule has 4 rings (SSSR count). The molecular weight excluding hydrogens is 590 g/mol. The van der Waals surface area contributed by atoms with Gasteiger partial charge in [-0.2, -0.15) is 0 Å². The normalized spacial score (nSPS) is 36.7. The van der Waals surface area contributed by atoms with Crippen molar-refractivity contribution in [3.05, 3.63) is 0 Å². The van der Waals surface area contributed by atoms with E-state index in [2.05, 4.69) is 27.7 Å². The van der Waals surface area contributed by atoms with Gasteiger partial charge in [0.05, 0.1) is 18.3 Å². The van der Waals surface area contributed by atoms with Gasteiger partial charge in [0.2, 0.25) is 5.91 Å². The molecule has 11 atom stereocenters. The molecule has 7 nitrogen and oxygen atoms in total. The largest absolute Gasteiger partial charge is 0.481 e. The van der Waals surface area contributed by atoms with E-state index in [4.69, 9.17) is 10.8 Å². The molecule has 4 aliphatic carbocycles. The third-order valence-corrected chi connectivity index (χ3v) is 13.9. The van der Waals surface area contributed by atoms with Gasteiger partial charge in [0.15, 0.2) is 0 Å². The Balaban J connectivity index is 0.000000290. The molecule has 0 aliphatic heterocycles. The fraction of sp³-hybridized carbons (Fsp3) is 0.950. The van der Waals surface area contributed by atoms with Crippen LogP contribution in [0.25, 0.3) is 0 Å². The molecule has 6 N–H and O–H groups in total. The van der Waals surface area contributed by atoms with Crippen molar-refractivity contribution in [2.75, 3.05) is 0 Å². The first-order valence-electron chi connectivity index (χ1n) is 19.9. The van der Waals surface area contributed by atoms with Crippen LogP contribution in [-0.2, 0) is 9.59 Å². The van der Waals surface area contributed by atoms with Crippen LogP contribution in [-0.4, -0.2) is 50.6 Å². The van der Waals surface area contributed by atoms with Crippen molar-refractivity contribution in [1.82, 2.24) is 0 Å². The Hall–Kier alpha value is -1.18. The molecular formula is C40H73NO6. The molecule has 0 radical (unpaired) electrons. The lowest BCUT2D eigenvalue weighted by Gasteiger charge is -2.63. The van der Waals surface area contributed by atoms with E-state index in [1.54, 1.807) is 0 Å². The van der Waals surface area contributed by atoms with Gasteiger partial charge in [0, 0.05) is 12.8 Å². The zero-order valence-corrected chi connectivity index (χ0v) is 30.6. The number of fused-ring (bicyclic) bond motifs is 5. The maximum atomic E-state index is 11.5. The van der Waals surface area contributed by atoms with E-state index < -0.39 is 12.1 Å². The second kappa shape index (κ2) is 19.3. The van der Waals surface area contributed by atoms with Gasteiger partial charge >= 0.3 is 5.97 Å². The number of hydrogen-bond donors (Lipinski definition) is 5. The molecule has 0 bridgehead atoms. The second-order valence-corrected chi connectivity index (χ2v) is 16.9. The van der Waals surface area contributed by atoms with Gasteiger partial charge < -0.3 is 26.2 Å². The third-order valence-electron chi connectivity index (χ3n) is 13.9. The molecule has 4 aliphatic rings. The lowest BCUT2D eigenvalue weighted by Crippen LogP contribution is -2.62. The Bertz CT molecular complexity index is 944. The monoisotopic (exact) mass is 664 g/mol. The van der Waals surface area contributed by atoms with Crippen LogP contribution in [0.3, 0.4) is 0 Å². The van der Waals surface area contributed by atoms with Gasteiger partial charge in [-0.25, -0.2) is 0 Å². The Kier molecular flexibility index (Phi) is 16.5. The average Bonchev–Trinajstić information content (AvgIpc) is 3.38. The smallest absolute Gasteiger partial charge is 0.303 e. The van der Waals surface area contributed by atoms with Crippen LogP contribution in [0.1, 0.15) is 175 Å². The highest BCUT2D eigenvalue weighted by atomic mass is 16.4. The Morgan fingerprint density at radius 2 is 1.34 bits per heavy atom. The third kappa shape index (κ3) is 10.7. The molecule has 7 heteroatoms. The molecule has 0 saturated heterocycles. The minimum atomic E-state index is -0.748. The van der Waals surface area contributed by atoms with Crippen LogP contribution >= 0.6 is 0 Å². The Labute approximate surface area is 287 Å². The summed E-state index contributed by atoms with van der Waals surface area (Å²) < 4.78 is 0. The van der Waals surface area contributed by atoms with Crippen LogP contribution in [0, 0.1) is 46.3 Å². The molecule has 4 fully saturated rings. The maximum Gasteiger partial charge on any atom is 0.303 e. The summed E-state index contributed by atoms with van der Waals surface area (Å²) in [4.78, 5) is 21.6. The van der Waals surface area contributed by atoms with E-state index in [0.717, 1.165) is 51.4 Å². The summed E-state index contributed by atoms with van der Waals surface area (Å²) in [6.45, 7) is 8.99. The first kappa shape index (κ1) is 40.3. The summed E-state index contributed by atoms with van der Waals surface area (Å²) in [5, 5.41) is 42.0. The number of amides is 1. The molecule has 0 aromatic rings. The highest BCUT2D eigenvalue weighted by molar-refractivity contribution is 5.73. The lowest BCUT2D eigenvalue weighted by atomic mass is 9.43. The van der Waals surface area contributed by atoms with Crippen LogP contribution in [0.2, 0.25) is 0 Å². The first-order chi connectivity index (χ1) is 22.4. The van der Waals surface area contributed by atoms with Crippen LogP contribution in [0.15, 0.2) is 0 Å². The SMILES string of the molecule is CCCCCCCCCCCCCCCC(N)=O.C[C@H](CCC(=O)O)[C@H]1CCC2C3C(C[C@H](O)[C@@]21C)[C@@]1(C)CC[C@@H](O)C[C@H]1C[C@H]3O. The predicted octanol–water partition coefficient (Wildman–Crippen LogP) is 8.40. The molecule has 0 heterocycles. The fourth-order valence-electron chi connectivity index (χ4n) is 11.0. The number of hydrogen-bond acceptors (Lipinski definition) is 5. The molecule has 1 amide bonds. The summed E-state index contributed by atoms with van der Waals surface area (Å²) in [7, 11) is 0. The summed E-state index contributed by atoms with van der Waals surface area (Å²) in [5.74, 6) is 0.843. The number of aliphatic carboxylic acids is 1. The number of carboxylic acid groups (broad SMARTS) is 1. The zero-order valence-electron chi connectivity index (χ0n) is 30.6. The van der Waals surface area contributed by atoms with E-state index in [1.165, 1.54) is 77.0 Å². The summed E-state index contributed by atoms with van der Waals surface area (Å²) in [5.41, 5.74) is 4.95. The van der Waals surface area contributed by atoms with Crippen molar-refractivity contribution >= 4 is 11.9 Å². The van der Waals surface area contributed by atoms with Gasteiger partial charge in [-0.05, 0) is 104 Å². The standard InChI is InChI=1S/C24H40O5.C16H33NO/c1-13(4-7-21(28)29)16-5-6-17-22-18(12-20(27)24(16,17)3)23(2)9-8-15(25)10-14(23)11-19(22)26;1-2-3-4-5-6-7-8-9-10-11-12-13-14-15-16(17)18/h13-20,22,25-27H,4-12H2,1-3H3,(H,28,29);2-15H2,1H3,(H2,17,18)/t13-,14+,15-,16-,17?,18?,19-,20+,22?,23+,24-;/m1./s1. The summed E-state index contributed by atoms with van der Waals surface area (Å²) >= 11 is 0. The zero-order chi connectivity index (χ0) is 34.6. The summed E-state index contributed by atoms with van der Waals surface area (Å²) in [6, 6.07) is 0. The second-order valence-electron chi connectivity index (χ2n) is 16.9. The van der Waals surface area contributed by atoms with E-state index in [-0.39, 0.29) is 47.2 Å². The molecule has 0 spiro atoms. The fourth-order valence-corrected chi connectivity index (χ4v) is 11.0. The molecule has 0 aromatic heterocycles. The maximum absolute atomic E-state index is 11.5. The van der Waals surface area contributed by atoms with Crippen molar-refractivity contribution in [2.24, 2.45) is 52.1 Å². The van der Waals surface area contributed by atoms with Gasteiger partial charge in [0.1, 0.15) is 0 Å². The Morgan fingerprint density at radius 3 is 1.89 bits per heavy atom. The van der Waals surface area contributed by atoms with Crippen molar-refractivity contribution in [2.45, 2.75) is 194 Å². The van der Waals surface area contributed by atoms with E-state index in [0.29, 0.717) is 36.5 Å². The van der Waals surface area contributed by atoms with Crippen molar-refractivity contribution < 1.29 is 30.0 Å². The quantitative estimate of drug-likeness (QED) is 0.0933. The van der Waals surface area contributed by atoms with Crippen molar-refractivity contribution in [1.29, 1.82) is 0 Å². The number of carboxylic acids is 1. The average molecular weight is 664 g/mol. The molecule has 274 valence electrons. The predicted molar refractivity (Wildman–Crippen MR) is 190 cm³/mol. The lowest BCUT2D eigenvalue weighted by molar-refractivity contribution is -0.207. The van der Waals surface area contributed by atoms with Crippen LogP contribution in [0.5, 0.6) is 0 Å². The van der Waals surface area contributed by atoms with Crippen LogP contribution in [0.4, 0.5) is 0 Å². The number of aliphatic hydroxyl groups excluding tert-OH is 3. The van der Waals surface area contributed by atoms with Gasteiger partial charge in [-0.15, -0.1) is 0 Å². The number of primary amides is 1. The number of carbonyl (C=O) groups excluding carboxylic acids is 1. The van der Waals surface area contributed by atoms with Gasteiger partial charge in [0.25, 0.3) is 0 Å². The topological polar surface area (TPSA) is 141 Å². The van der Waals surface area contributed by atoms with Gasteiger partial charge in [-0.3, -0.25) is 9.59 Å². The van der Waals surface area contributed by atoms with E-state index in [1.807, 2.05) is 0 Å². The van der Waals surface area contributed by atoms with Gasteiger partial charge in [-0.1, -0.05) is 105 Å². The number of carbonyl (C=O) groups is 2. The van der Waals surface area contributed by atoms with Crippen molar-refractivity contribution in [3.8, 4) is 0 Å². The van der Waals surface area contributed by atoms with Crippen LogP contribution < -0.4 is 5.73 Å². The van der Waals surface area contributed by atoms with Crippen molar-refractivity contribution in [3.63, 3.8) is 0 Å². The molecule has 4 saturated carbocycles. The first-order valence-corrected chi connectivity index (χ1v) is 19.9. The molecule has 0 aromatic carbocycles. The van der Waals surface area contributed by atoms with E-state index in [9.17, 15) is 24.9 Å². The highest BCUT2D eigenvalue weighted by Gasteiger charge is 2.65. The number of unbranched alkanes of at least 4 members (excludes halogenated alkanes) is 12. The number of rotatable bonds is 18. The number of aliphatic hydroxyl groups is 3. The minimum absolute atomic E-state index is 0.0957. The number of nitrogens with two attached hydrogens (primary N) is 1. The van der Waals surface area contributed by atoms with E-state index >= 15 is 0 Å². The Morgan fingerprint density at radius 1 is 0.766 bits per heavy atom. The summed E-state index contributed by atoms with van der Waals surface area (Å²) in [6.07, 6.45) is 23.9. The minimum Gasteiger partial charge on any atom is -0.481 e.